The molecule has 0 bridgehead atoms. The molecule has 6 nitrogen and oxygen atoms in total. The number of thiazole rings is 1. The van der Waals surface area contributed by atoms with Gasteiger partial charge < -0.3 is 4.74 Å². The van der Waals surface area contributed by atoms with E-state index in [2.05, 4.69) is 10.1 Å². The first kappa shape index (κ1) is 16.7. The summed E-state index contributed by atoms with van der Waals surface area (Å²) in [6.45, 7) is 1.10. The Kier molecular flexibility index (Phi) is 4.68. The highest BCUT2D eigenvalue weighted by atomic mass is 32.1. The van der Waals surface area contributed by atoms with Gasteiger partial charge in [0.1, 0.15) is 5.75 Å². The van der Waals surface area contributed by atoms with Crippen LogP contribution in [0.5, 0.6) is 5.75 Å². The summed E-state index contributed by atoms with van der Waals surface area (Å²) in [6.07, 6.45) is 3.62. The molecule has 0 fully saturated rings. The summed E-state index contributed by atoms with van der Waals surface area (Å²) in [5, 5.41) is 6.80. The predicted molar refractivity (Wildman–Crippen MR) is 104 cm³/mol. The van der Waals surface area contributed by atoms with E-state index in [-0.39, 0.29) is 5.91 Å². The van der Waals surface area contributed by atoms with Crippen LogP contribution in [0, 0.1) is 0 Å². The molecule has 0 unspecified atom stereocenters. The average molecular weight is 384 g/mol. The fourth-order valence-electron chi connectivity index (χ4n) is 2.59. The average Bonchev–Trinajstić information content (AvgIpc) is 3.41. The monoisotopic (exact) mass is 384 g/mol. The van der Waals surface area contributed by atoms with Crippen LogP contribution in [0.3, 0.4) is 0 Å². The molecule has 0 N–H and O–H groups in total. The van der Waals surface area contributed by atoms with E-state index in [1.165, 1.54) is 22.7 Å². The number of fused-ring (bicyclic) bond motifs is 1. The topological polar surface area (TPSA) is 60.2 Å². The van der Waals surface area contributed by atoms with Crippen molar-refractivity contribution < 1.29 is 9.53 Å². The van der Waals surface area contributed by atoms with E-state index in [1.807, 2.05) is 52.7 Å². The first-order valence-electron chi connectivity index (χ1n) is 8.02. The maximum Gasteiger partial charge on any atom is 0.270 e. The Bertz CT molecular complexity index is 1010. The quantitative estimate of drug-likeness (QED) is 0.506. The highest BCUT2D eigenvalue weighted by Crippen LogP contribution is 2.32. The summed E-state index contributed by atoms with van der Waals surface area (Å²) >= 11 is 2.92. The molecule has 8 heteroatoms. The normalized spacial score (nSPS) is 11.0. The van der Waals surface area contributed by atoms with Crippen LogP contribution >= 0.6 is 22.7 Å². The number of methoxy groups -OCH3 is 1. The van der Waals surface area contributed by atoms with Crippen molar-refractivity contribution in [2.45, 2.75) is 6.54 Å². The number of hydrogen-bond acceptors (Lipinski definition) is 6. The number of hydrogen-bond donors (Lipinski definition) is 0. The van der Waals surface area contributed by atoms with Gasteiger partial charge in [0.15, 0.2) is 5.13 Å². The Morgan fingerprint density at radius 3 is 2.96 bits per heavy atom. The number of rotatable bonds is 6. The number of thiophene rings is 1. The maximum absolute atomic E-state index is 13.0. The number of ether oxygens (including phenoxy) is 1. The highest BCUT2D eigenvalue weighted by molar-refractivity contribution is 7.22. The minimum atomic E-state index is -0.0434. The van der Waals surface area contributed by atoms with Gasteiger partial charge in [-0.3, -0.25) is 14.4 Å². The van der Waals surface area contributed by atoms with Gasteiger partial charge in [-0.25, -0.2) is 4.98 Å². The van der Waals surface area contributed by atoms with Crippen molar-refractivity contribution in [2.75, 3.05) is 18.6 Å². The number of anilines is 1. The second-order valence-electron chi connectivity index (χ2n) is 5.53. The Balaban J connectivity index is 1.68. The van der Waals surface area contributed by atoms with Gasteiger partial charge in [0, 0.05) is 18.9 Å². The molecule has 0 saturated carbocycles. The lowest BCUT2D eigenvalue weighted by Crippen LogP contribution is -2.33. The molecule has 4 rings (SSSR count). The van der Waals surface area contributed by atoms with Gasteiger partial charge in [0.05, 0.1) is 28.7 Å². The fraction of sp³-hybridized carbons (Fsp3) is 0.167. The van der Waals surface area contributed by atoms with Crippen LogP contribution in [-0.4, -0.2) is 34.3 Å². The lowest BCUT2D eigenvalue weighted by Gasteiger charge is -2.19. The van der Waals surface area contributed by atoms with E-state index in [0.29, 0.717) is 23.1 Å². The van der Waals surface area contributed by atoms with Crippen LogP contribution in [-0.2, 0) is 6.54 Å². The Hall–Kier alpha value is -2.71. The Morgan fingerprint density at radius 2 is 2.23 bits per heavy atom. The van der Waals surface area contributed by atoms with E-state index in [1.54, 1.807) is 18.2 Å². The van der Waals surface area contributed by atoms with Crippen molar-refractivity contribution in [3.8, 4) is 5.75 Å². The van der Waals surface area contributed by atoms with E-state index in [0.717, 1.165) is 16.0 Å². The molecular formula is C18H16N4O2S2. The van der Waals surface area contributed by atoms with Crippen molar-refractivity contribution in [3.05, 3.63) is 59.0 Å². The van der Waals surface area contributed by atoms with Gasteiger partial charge in [-0.15, -0.1) is 11.3 Å². The standard InChI is InChI=1S/C18H16N4O2S2/c1-24-13-5-6-14-16(12-13)26-18(20-14)22(10-9-21-8-3-7-19-21)17(23)15-4-2-11-25-15/h2-8,11-12H,9-10H2,1H3. The largest absolute Gasteiger partial charge is 0.497 e. The first-order chi connectivity index (χ1) is 12.7. The van der Waals surface area contributed by atoms with E-state index >= 15 is 0 Å². The van der Waals surface area contributed by atoms with E-state index < -0.39 is 0 Å². The third kappa shape index (κ3) is 3.33. The highest BCUT2D eigenvalue weighted by Gasteiger charge is 2.22. The Labute approximate surface area is 158 Å². The minimum Gasteiger partial charge on any atom is -0.497 e. The van der Waals surface area contributed by atoms with Gasteiger partial charge in [0.2, 0.25) is 0 Å². The summed E-state index contributed by atoms with van der Waals surface area (Å²) in [5.74, 6) is 0.735. The third-order valence-electron chi connectivity index (χ3n) is 3.90. The molecule has 0 spiro atoms. The molecular weight excluding hydrogens is 368 g/mol. The maximum atomic E-state index is 13.0. The molecule has 0 aliphatic heterocycles. The molecule has 0 atom stereocenters. The zero-order chi connectivity index (χ0) is 17.9. The van der Waals surface area contributed by atoms with Crippen molar-refractivity contribution in [1.82, 2.24) is 14.8 Å². The van der Waals surface area contributed by atoms with Gasteiger partial charge in [-0.1, -0.05) is 17.4 Å². The van der Waals surface area contributed by atoms with Crippen molar-refractivity contribution >= 4 is 43.9 Å². The van der Waals surface area contributed by atoms with Crippen LogP contribution in [0.15, 0.2) is 54.2 Å². The van der Waals surface area contributed by atoms with Crippen molar-refractivity contribution in [2.24, 2.45) is 0 Å². The van der Waals surface area contributed by atoms with Gasteiger partial charge in [-0.05, 0) is 35.7 Å². The molecule has 3 heterocycles. The predicted octanol–water partition coefficient (Wildman–Crippen LogP) is 3.91. The Morgan fingerprint density at radius 1 is 1.31 bits per heavy atom. The molecule has 4 aromatic rings. The SMILES string of the molecule is COc1ccc2nc(N(CCn3cccn3)C(=O)c3cccs3)sc2c1. The van der Waals surface area contributed by atoms with Gasteiger partial charge in [-0.2, -0.15) is 5.10 Å². The van der Waals surface area contributed by atoms with Crippen LogP contribution < -0.4 is 9.64 Å². The summed E-state index contributed by atoms with van der Waals surface area (Å²) < 4.78 is 8.08. The molecule has 0 aliphatic rings. The summed E-state index contributed by atoms with van der Waals surface area (Å²) in [5.41, 5.74) is 0.855. The number of nitrogens with zero attached hydrogens (tertiary/aromatic N) is 4. The molecule has 0 radical (unpaired) electrons. The first-order valence-corrected chi connectivity index (χ1v) is 9.71. The van der Waals surface area contributed by atoms with Crippen LogP contribution in [0.25, 0.3) is 10.2 Å². The lowest BCUT2D eigenvalue weighted by molar-refractivity contribution is 0.0989. The number of benzene rings is 1. The van der Waals surface area contributed by atoms with Crippen LogP contribution in [0.2, 0.25) is 0 Å². The third-order valence-corrected chi connectivity index (χ3v) is 5.80. The van der Waals surface area contributed by atoms with Gasteiger partial charge >= 0.3 is 0 Å². The summed E-state index contributed by atoms with van der Waals surface area (Å²) in [4.78, 5) is 20.1. The second-order valence-corrected chi connectivity index (χ2v) is 7.49. The van der Waals surface area contributed by atoms with E-state index in [4.69, 9.17) is 4.74 Å². The summed E-state index contributed by atoms with van der Waals surface area (Å²) in [7, 11) is 1.64. The molecule has 0 aliphatic carbocycles. The number of aromatic nitrogens is 3. The molecule has 3 aromatic heterocycles. The zero-order valence-corrected chi connectivity index (χ0v) is 15.7. The molecule has 0 saturated heterocycles. The number of amides is 1. The summed E-state index contributed by atoms with van der Waals surface area (Å²) in [6, 6.07) is 11.3. The van der Waals surface area contributed by atoms with Crippen LogP contribution in [0.4, 0.5) is 5.13 Å². The molecule has 132 valence electrons. The van der Waals surface area contributed by atoms with E-state index in [9.17, 15) is 4.79 Å². The lowest BCUT2D eigenvalue weighted by atomic mass is 10.3. The number of carbonyl (C=O) groups is 1. The molecule has 26 heavy (non-hydrogen) atoms. The van der Waals surface area contributed by atoms with Gasteiger partial charge in [0.25, 0.3) is 5.91 Å². The zero-order valence-electron chi connectivity index (χ0n) is 14.0. The number of carbonyl (C=O) groups excluding carboxylic acids is 1. The molecule has 1 aromatic carbocycles. The van der Waals surface area contributed by atoms with Crippen molar-refractivity contribution in [3.63, 3.8) is 0 Å². The fourth-order valence-corrected chi connectivity index (χ4v) is 4.28. The second kappa shape index (κ2) is 7.27. The van der Waals surface area contributed by atoms with Crippen LogP contribution in [0.1, 0.15) is 9.67 Å². The minimum absolute atomic E-state index is 0.0434. The smallest absolute Gasteiger partial charge is 0.270 e. The molecule has 1 amide bonds. The van der Waals surface area contributed by atoms with Crippen molar-refractivity contribution in [1.29, 1.82) is 0 Å².